The van der Waals surface area contributed by atoms with Gasteiger partial charge < -0.3 is 10.2 Å². The van der Waals surface area contributed by atoms with Gasteiger partial charge in [-0.25, -0.2) is 12.8 Å². The van der Waals surface area contributed by atoms with Crippen LogP contribution in [0.3, 0.4) is 0 Å². The lowest BCUT2D eigenvalue weighted by atomic mass is 10.1. The fourth-order valence-electron chi connectivity index (χ4n) is 3.59. The zero-order valence-corrected chi connectivity index (χ0v) is 21.2. The maximum atomic E-state index is 13.8. The van der Waals surface area contributed by atoms with Crippen LogP contribution < -0.4 is 9.62 Å². The van der Waals surface area contributed by atoms with Gasteiger partial charge in [-0.3, -0.25) is 13.9 Å². The maximum Gasteiger partial charge on any atom is 0.244 e. The maximum absolute atomic E-state index is 13.8. The van der Waals surface area contributed by atoms with Crippen molar-refractivity contribution >= 4 is 27.5 Å². The first-order chi connectivity index (χ1) is 15.9. The third kappa shape index (κ3) is 7.83. The average Bonchev–Trinajstić information content (AvgIpc) is 2.75. The number of rotatable bonds is 11. The first-order valence-corrected chi connectivity index (χ1v) is 13.1. The Hall–Kier alpha value is -2.94. The van der Waals surface area contributed by atoms with Crippen LogP contribution in [0.2, 0.25) is 0 Å². The molecule has 0 saturated carbocycles. The van der Waals surface area contributed by atoms with E-state index in [0.29, 0.717) is 13.0 Å². The van der Waals surface area contributed by atoms with E-state index in [1.54, 1.807) is 6.92 Å². The van der Waals surface area contributed by atoms with E-state index in [9.17, 15) is 22.4 Å². The first-order valence-electron chi connectivity index (χ1n) is 11.3. The predicted octanol–water partition coefficient (Wildman–Crippen LogP) is 3.48. The summed E-state index contributed by atoms with van der Waals surface area (Å²) >= 11 is 0. The molecular weight excluding hydrogens is 457 g/mol. The van der Waals surface area contributed by atoms with Gasteiger partial charge in [0, 0.05) is 13.1 Å². The molecule has 34 heavy (non-hydrogen) atoms. The van der Waals surface area contributed by atoms with Crippen LogP contribution in [0.4, 0.5) is 10.1 Å². The highest BCUT2D eigenvalue weighted by atomic mass is 32.2. The highest BCUT2D eigenvalue weighted by Crippen LogP contribution is 2.20. The van der Waals surface area contributed by atoms with E-state index in [4.69, 9.17) is 0 Å². The molecule has 0 heterocycles. The molecule has 0 aliphatic rings. The number of carbonyl (C=O) groups excluding carboxylic acids is 2. The van der Waals surface area contributed by atoms with E-state index in [1.807, 2.05) is 45.0 Å². The quantitative estimate of drug-likeness (QED) is 0.521. The number of aryl methyl sites for hydroxylation is 1. The minimum absolute atomic E-state index is 0.0451. The molecule has 7 nitrogen and oxygen atoms in total. The van der Waals surface area contributed by atoms with Crippen LogP contribution >= 0.6 is 0 Å². The van der Waals surface area contributed by atoms with E-state index in [2.05, 4.69) is 5.32 Å². The molecular formula is C25H34FN3O4S. The molecule has 1 atom stereocenters. The van der Waals surface area contributed by atoms with Crippen molar-refractivity contribution in [3.8, 4) is 0 Å². The van der Waals surface area contributed by atoms with Crippen molar-refractivity contribution in [2.24, 2.45) is 5.92 Å². The Balaban J connectivity index is 2.42. The van der Waals surface area contributed by atoms with E-state index < -0.39 is 34.3 Å². The normalized spacial score (nSPS) is 12.3. The fourth-order valence-corrected chi connectivity index (χ4v) is 4.44. The Morgan fingerprint density at radius 2 is 1.76 bits per heavy atom. The van der Waals surface area contributed by atoms with Crippen molar-refractivity contribution in [3.05, 3.63) is 65.5 Å². The van der Waals surface area contributed by atoms with E-state index >= 15 is 0 Å². The molecule has 2 rings (SSSR count). The van der Waals surface area contributed by atoms with Gasteiger partial charge in [-0.1, -0.05) is 56.7 Å². The third-order valence-corrected chi connectivity index (χ3v) is 6.42. The van der Waals surface area contributed by atoms with Crippen LogP contribution in [0.1, 0.15) is 38.3 Å². The summed E-state index contributed by atoms with van der Waals surface area (Å²) in [6, 6.07) is 11.8. The Morgan fingerprint density at radius 1 is 1.09 bits per heavy atom. The summed E-state index contributed by atoms with van der Waals surface area (Å²) in [6.07, 6.45) is 1.31. The van der Waals surface area contributed by atoms with Crippen LogP contribution in [0.25, 0.3) is 0 Å². The number of halogens is 1. The molecule has 0 unspecified atom stereocenters. The lowest BCUT2D eigenvalue weighted by Crippen LogP contribution is -2.52. The fraction of sp³-hybridized carbons (Fsp3) is 0.440. The monoisotopic (exact) mass is 491 g/mol. The number of amides is 2. The van der Waals surface area contributed by atoms with Crippen molar-refractivity contribution in [2.45, 2.75) is 46.7 Å². The molecule has 2 amide bonds. The Bertz CT molecular complexity index is 1100. The van der Waals surface area contributed by atoms with Gasteiger partial charge in [0.25, 0.3) is 0 Å². The molecule has 9 heteroatoms. The topological polar surface area (TPSA) is 86.8 Å². The molecule has 0 saturated heterocycles. The summed E-state index contributed by atoms with van der Waals surface area (Å²) in [7, 11) is -3.90. The number of anilines is 1. The van der Waals surface area contributed by atoms with Gasteiger partial charge in [-0.05, 0) is 43.0 Å². The van der Waals surface area contributed by atoms with Gasteiger partial charge in [0.05, 0.1) is 11.9 Å². The number of hydrogen-bond acceptors (Lipinski definition) is 4. The van der Waals surface area contributed by atoms with Gasteiger partial charge in [-0.15, -0.1) is 0 Å². The lowest BCUT2D eigenvalue weighted by Gasteiger charge is -2.33. The summed E-state index contributed by atoms with van der Waals surface area (Å²) in [5.41, 5.74) is 1.86. The zero-order chi connectivity index (χ0) is 25.5. The molecule has 0 fully saturated rings. The van der Waals surface area contributed by atoms with E-state index in [0.717, 1.165) is 27.8 Å². The van der Waals surface area contributed by atoms with Crippen molar-refractivity contribution < 1.29 is 22.4 Å². The minimum Gasteiger partial charge on any atom is -0.354 e. The number of hydrogen-bond donors (Lipinski definition) is 1. The largest absolute Gasteiger partial charge is 0.354 e. The standard InChI is InChI=1S/C25H34FN3O4S/c1-6-23(25(31)27-15-18(2)3)28(16-20-10-7-9-19(4)13-20)24(30)17-29(34(5,32)33)22-12-8-11-21(26)14-22/h7-14,18,23H,6,15-17H2,1-5H3,(H,27,31)/t23-/m0/s1. The van der Waals surface area contributed by atoms with Crippen LogP contribution in [0.15, 0.2) is 48.5 Å². The third-order valence-electron chi connectivity index (χ3n) is 5.28. The average molecular weight is 492 g/mol. The number of nitrogens with one attached hydrogen (secondary N) is 1. The lowest BCUT2D eigenvalue weighted by molar-refractivity contribution is -0.140. The molecule has 2 aromatic carbocycles. The molecule has 2 aromatic rings. The van der Waals surface area contributed by atoms with Gasteiger partial charge in [-0.2, -0.15) is 0 Å². The van der Waals surface area contributed by atoms with Crippen molar-refractivity contribution in [2.75, 3.05) is 23.7 Å². The molecule has 1 N–H and O–H groups in total. The highest BCUT2D eigenvalue weighted by molar-refractivity contribution is 7.92. The van der Waals surface area contributed by atoms with Crippen LogP contribution in [-0.4, -0.2) is 50.5 Å². The van der Waals surface area contributed by atoms with Crippen molar-refractivity contribution in [3.63, 3.8) is 0 Å². The Kier molecular flexibility index (Phi) is 9.61. The molecule has 0 aliphatic heterocycles. The SMILES string of the molecule is CC[C@@H](C(=O)NCC(C)C)N(Cc1cccc(C)c1)C(=O)CN(c1cccc(F)c1)S(C)(=O)=O. The van der Waals surface area contributed by atoms with E-state index in [-0.39, 0.29) is 24.1 Å². The smallest absolute Gasteiger partial charge is 0.244 e. The summed E-state index contributed by atoms with van der Waals surface area (Å²) in [4.78, 5) is 27.9. The Morgan fingerprint density at radius 3 is 2.32 bits per heavy atom. The van der Waals surface area contributed by atoms with Gasteiger partial charge >= 0.3 is 0 Å². The van der Waals surface area contributed by atoms with Crippen molar-refractivity contribution in [1.29, 1.82) is 0 Å². The minimum atomic E-state index is -3.90. The van der Waals surface area contributed by atoms with Gasteiger partial charge in [0.2, 0.25) is 21.8 Å². The second-order valence-corrected chi connectivity index (χ2v) is 10.7. The second kappa shape index (κ2) is 12.0. The number of benzene rings is 2. The van der Waals surface area contributed by atoms with Crippen LogP contribution in [0, 0.1) is 18.7 Å². The van der Waals surface area contributed by atoms with Crippen LogP contribution in [0.5, 0.6) is 0 Å². The molecule has 0 aromatic heterocycles. The zero-order valence-electron chi connectivity index (χ0n) is 20.4. The van der Waals surface area contributed by atoms with Gasteiger partial charge in [0.1, 0.15) is 18.4 Å². The number of nitrogens with zero attached hydrogens (tertiary/aromatic N) is 2. The Labute approximate surface area is 202 Å². The molecule has 186 valence electrons. The summed E-state index contributed by atoms with van der Waals surface area (Å²) in [6.45, 7) is 7.71. The second-order valence-electron chi connectivity index (χ2n) is 8.82. The summed E-state index contributed by atoms with van der Waals surface area (Å²) in [5, 5.41) is 2.87. The molecule has 0 spiro atoms. The van der Waals surface area contributed by atoms with Crippen LogP contribution in [-0.2, 0) is 26.2 Å². The highest BCUT2D eigenvalue weighted by Gasteiger charge is 2.31. The predicted molar refractivity (Wildman–Crippen MR) is 132 cm³/mol. The summed E-state index contributed by atoms with van der Waals surface area (Å²) in [5.74, 6) is -1.23. The van der Waals surface area contributed by atoms with Crippen molar-refractivity contribution in [1.82, 2.24) is 10.2 Å². The first kappa shape index (κ1) is 27.3. The molecule has 0 aliphatic carbocycles. The number of carbonyl (C=O) groups is 2. The molecule has 0 radical (unpaired) electrons. The summed E-state index contributed by atoms with van der Waals surface area (Å²) < 4.78 is 39.7. The molecule has 0 bridgehead atoms. The number of sulfonamides is 1. The van der Waals surface area contributed by atoms with E-state index in [1.165, 1.54) is 23.1 Å². The van der Waals surface area contributed by atoms with Gasteiger partial charge in [0.15, 0.2) is 0 Å².